The minimum absolute atomic E-state index is 0.344. The Morgan fingerprint density at radius 3 is 2.44 bits per heavy atom. The summed E-state index contributed by atoms with van der Waals surface area (Å²) in [6, 6.07) is 6.78. The Morgan fingerprint density at radius 1 is 1.38 bits per heavy atom. The Balaban J connectivity index is 3.07. The minimum Gasteiger partial charge on any atom is -0.469 e. The number of nitrogens with two attached hydrogens (primary N) is 2. The molecule has 0 aliphatic rings. The van der Waals surface area contributed by atoms with Crippen LogP contribution in [0.2, 0.25) is 0 Å². The van der Waals surface area contributed by atoms with E-state index in [4.69, 9.17) is 16.2 Å². The Morgan fingerprint density at radius 2 is 1.94 bits per heavy atom. The van der Waals surface area contributed by atoms with Crippen molar-refractivity contribution in [1.29, 1.82) is 0 Å². The molecule has 0 amide bonds. The van der Waals surface area contributed by atoms with Crippen molar-refractivity contribution in [2.45, 2.75) is 19.9 Å². The van der Waals surface area contributed by atoms with Gasteiger partial charge in [0.05, 0.1) is 12.5 Å². The first-order valence-electron chi connectivity index (χ1n) is 5.09. The topological polar surface area (TPSA) is 78.3 Å². The van der Waals surface area contributed by atoms with Crippen LogP contribution in [0.1, 0.15) is 25.5 Å². The van der Waals surface area contributed by atoms with Gasteiger partial charge in [0.15, 0.2) is 0 Å². The van der Waals surface area contributed by atoms with Crippen LogP contribution >= 0.6 is 0 Å². The molecular weight excluding hydrogens is 204 g/mol. The van der Waals surface area contributed by atoms with Crippen molar-refractivity contribution in [2.75, 3.05) is 12.8 Å². The number of ether oxygens (including phenoxy) is 1. The summed E-state index contributed by atoms with van der Waals surface area (Å²) in [4.78, 5) is 11.6. The molecule has 4 nitrogen and oxygen atoms in total. The molecule has 16 heavy (non-hydrogen) atoms. The third-order valence-electron chi connectivity index (χ3n) is 2.82. The number of esters is 1. The highest BCUT2D eigenvalue weighted by molar-refractivity contribution is 5.77. The summed E-state index contributed by atoms with van der Waals surface area (Å²) in [6.45, 7) is 3.49. The van der Waals surface area contributed by atoms with Crippen LogP contribution in [-0.2, 0) is 9.53 Å². The standard InChI is InChI=1S/C12H18N2O2/c1-12(2,11(15)16-3)10(14)8-6-4-5-7-9(8)13/h4-7,10H,13-14H2,1-3H3. The van der Waals surface area contributed by atoms with E-state index in [0.717, 1.165) is 5.56 Å². The van der Waals surface area contributed by atoms with Crippen molar-refractivity contribution in [3.63, 3.8) is 0 Å². The first-order valence-corrected chi connectivity index (χ1v) is 5.09. The second-order valence-corrected chi connectivity index (χ2v) is 4.32. The fraction of sp³-hybridized carbons (Fsp3) is 0.417. The van der Waals surface area contributed by atoms with Gasteiger partial charge in [-0.1, -0.05) is 18.2 Å². The number of anilines is 1. The zero-order valence-corrected chi connectivity index (χ0v) is 9.86. The van der Waals surface area contributed by atoms with Crippen molar-refractivity contribution >= 4 is 11.7 Å². The summed E-state index contributed by atoms with van der Waals surface area (Å²) in [5.74, 6) is -0.344. The van der Waals surface area contributed by atoms with Crippen molar-refractivity contribution in [3.8, 4) is 0 Å². The molecule has 1 rings (SSSR count). The van der Waals surface area contributed by atoms with Crippen LogP contribution in [0, 0.1) is 5.41 Å². The lowest BCUT2D eigenvalue weighted by Crippen LogP contribution is -2.37. The van der Waals surface area contributed by atoms with Crippen molar-refractivity contribution in [1.82, 2.24) is 0 Å². The Hall–Kier alpha value is -1.55. The molecule has 1 atom stereocenters. The van der Waals surface area contributed by atoms with Gasteiger partial charge in [0, 0.05) is 11.7 Å². The number of nitrogen functional groups attached to an aromatic ring is 1. The van der Waals surface area contributed by atoms with Gasteiger partial charge in [-0.2, -0.15) is 0 Å². The first-order chi connectivity index (χ1) is 7.41. The normalized spacial score (nSPS) is 13.2. The molecule has 88 valence electrons. The summed E-state index contributed by atoms with van der Waals surface area (Å²) in [6.07, 6.45) is 0. The molecule has 0 spiro atoms. The smallest absolute Gasteiger partial charge is 0.313 e. The van der Waals surface area contributed by atoms with E-state index in [2.05, 4.69) is 0 Å². The lowest BCUT2D eigenvalue weighted by Gasteiger charge is -2.29. The van der Waals surface area contributed by atoms with E-state index in [1.807, 2.05) is 18.2 Å². The SMILES string of the molecule is COC(=O)C(C)(C)C(N)c1ccccc1N. The summed E-state index contributed by atoms with van der Waals surface area (Å²) in [5.41, 5.74) is 12.4. The van der Waals surface area contributed by atoms with E-state index in [-0.39, 0.29) is 5.97 Å². The van der Waals surface area contributed by atoms with Gasteiger partial charge in [0.2, 0.25) is 0 Å². The summed E-state index contributed by atoms with van der Waals surface area (Å²) in [7, 11) is 1.35. The number of hydrogen-bond donors (Lipinski definition) is 2. The molecule has 0 bridgehead atoms. The zero-order chi connectivity index (χ0) is 12.3. The largest absolute Gasteiger partial charge is 0.469 e. The maximum absolute atomic E-state index is 11.6. The van der Waals surface area contributed by atoms with Crippen molar-refractivity contribution in [2.24, 2.45) is 11.1 Å². The summed E-state index contributed by atoms with van der Waals surface area (Å²) in [5, 5.41) is 0. The van der Waals surface area contributed by atoms with E-state index in [0.29, 0.717) is 5.69 Å². The second kappa shape index (κ2) is 4.53. The zero-order valence-electron chi connectivity index (χ0n) is 9.86. The fourth-order valence-corrected chi connectivity index (χ4v) is 1.57. The number of hydrogen-bond acceptors (Lipinski definition) is 4. The van der Waals surface area contributed by atoms with Crippen molar-refractivity contribution in [3.05, 3.63) is 29.8 Å². The molecule has 1 aromatic carbocycles. The van der Waals surface area contributed by atoms with Crippen LogP contribution in [0.15, 0.2) is 24.3 Å². The third kappa shape index (κ3) is 2.17. The van der Waals surface area contributed by atoms with E-state index in [1.165, 1.54) is 7.11 Å². The summed E-state index contributed by atoms with van der Waals surface area (Å²) < 4.78 is 4.74. The van der Waals surface area contributed by atoms with Crippen LogP contribution in [0.25, 0.3) is 0 Å². The van der Waals surface area contributed by atoms with Crippen LogP contribution in [0.4, 0.5) is 5.69 Å². The Bertz CT molecular complexity index is 388. The van der Waals surface area contributed by atoms with Crippen LogP contribution in [0.3, 0.4) is 0 Å². The molecule has 0 heterocycles. The molecule has 0 saturated carbocycles. The average molecular weight is 222 g/mol. The van der Waals surface area contributed by atoms with Gasteiger partial charge in [0.1, 0.15) is 0 Å². The van der Waals surface area contributed by atoms with E-state index in [1.54, 1.807) is 19.9 Å². The molecule has 0 aromatic heterocycles. The molecule has 0 aliphatic carbocycles. The van der Waals surface area contributed by atoms with E-state index >= 15 is 0 Å². The molecule has 4 heteroatoms. The molecule has 0 radical (unpaired) electrons. The molecule has 1 unspecified atom stereocenters. The molecule has 0 saturated heterocycles. The van der Waals surface area contributed by atoms with Gasteiger partial charge in [-0.05, 0) is 25.5 Å². The molecule has 0 fully saturated rings. The fourth-order valence-electron chi connectivity index (χ4n) is 1.57. The predicted molar refractivity (Wildman–Crippen MR) is 63.6 cm³/mol. The number of carbonyl (C=O) groups is 1. The minimum atomic E-state index is -0.801. The molecule has 4 N–H and O–H groups in total. The van der Waals surface area contributed by atoms with Gasteiger partial charge in [-0.3, -0.25) is 4.79 Å². The lowest BCUT2D eigenvalue weighted by molar-refractivity contribution is -0.152. The molecular formula is C12H18N2O2. The highest BCUT2D eigenvalue weighted by atomic mass is 16.5. The quantitative estimate of drug-likeness (QED) is 0.599. The van der Waals surface area contributed by atoms with Crippen LogP contribution < -0.4 is 11.5 Å². The van der Waals surface area contributed by atoms with Gasteiger partial charge in [0.25, 0.3) is 0 Å². The molecule has 0 aliphatic heterocycles. The highest BCUT2D eigenvalue weighted by Gasteiger charge is 2.37. The second-order valence-electron chi connectivity index (χ2n) is 4.32. The Labute approximate surface area is 95.6 Å². The van der Waals surface area contributed by atoms with Gasteiger partial charge < -0.3 is 16.2 Å². The van der Waals surface area contributed by atoms with Crippen LogP contribution in [0.5, 0.6) is 0 Å². The van der Waals surface area contributed by atoms with Gasteiger partial charge in [-0.15, -0.1) is 0 Å². The lowest BCUT2D eigenvalue weighted by atomic mass is 9.80. The predicted octanol–water partition coefficient (Wildman–Crippen LogP) is 1.47. The van der Waals surface area contributed by atoms with Gasteiger partial charge in [-0.25, -0.2) is 0 Å². The third-order valence-corrected chi connectivity index (χ3v) is 2.82. The average Bonchev–Trinajstić information content (AvgIpc) is 2.27. The number of carbonyl (C=O) groups excluding carboxylic acids is 1. The summed E-state index contributed by atoms with van der Waals surface area (Å²) >= 11 is 0. The number of benzene rings is 1. The Kier molecular flexibility index (Phi) is 3.55. The first kappa shape index (κ1) is 12.5. The number of methoxy groups -OCH3 is 1. The monoisotopic (exact) mass is 222 g/mol. The van der Waals surface area contributed by atoms with E-state index in [9.17, 15) is 4.79 Å². The maximum Gasteiger partial charge on any atom is 0.313 e. The van der Waals surface area contributed by atoms with Crippen LogP contribution in [-0.4, -0.2) is 13.1 Å². The van der Waals surface area contributed by atoms with Crippen molar-refractivity contribution < 1.29 is 9.53 Å². The number of rotatable bonds is 3. The number of para-hydroxylation sites is 1. The molecule has 1 aromatic rings. The maximum atomic E-state index is 11.6. The van der Waals surface area contributed by atoms with E-state index < -0.39 is 11.5 Å². The van der Waals surface area contributed by atoms with Gasteiger partial charge >= 0.3 is 5.97 Å². The highest BCUT2D eigenvalue weighted by Crippen LogP contribution is 2.34.